The molecule has 108 valence electrons. The number of hydrogen-bond acceptors (Lipinski definition) is 4. The fraction of sp³-hybridized carbons (Fsp3) is 0.533. The van der Waals surface area contributed by atoms with Crippen LogP contribution in [0.4, 0.5) is 4.79 Å². The molecular weight excluding hydrogens is 258 g/mol. The van der Waals surface area contributed by atoms with Gasteiger partial charge in [0.05, 0.1) is 19.3 Å². The highest BCUT2D eigenvalue weighted by molar-refractivity contribution is 5.69. The molecule has 2 aliphatic rings. The van der Waals surface area contributed by atoms with Crippen molar-refractivity contribution in [2.24, 2.45) is 0 Å². The molecule has 0 bridgehead atoms. The Morgan fingerprint density at radius 3 is 2.70 bits per heavy atom. The minimum atomic E-state index is -0.648. The summed E-state index contributed by atoms with van der Waals surface area (Å²) in [5.74, 6) is 0. The van der Waals surface area contributed by atoms with Gasteiger partial charge >= 0.3 is 6.09 Å². The number of carbonyl (C=O) groups is 1. The van der Waals surface area contributed by atoms with Crippen LogP contribution in [0.1, 0.15) is 19.4 Å². The van der Waals surface area contributed by atoms with Gasteiger partial charge in [-0.3, -0.25) is 4.90 Å². The number of epoxide rings is 1. The molecule has 20 heavy (non-hydrogen) atoms. The lowest BCUT2D eigenvalue weighted by atomic mass is 10.2. The molecule has 1 amide bonds. The van der Waals surface area contributed by atoms with Crippen molar-refractivity contribution in [1.82, 2.24) is 4.90 Å². The van der Waals surface area contributed by atoms with Crippen molar-refractivity contribution in [2.45, 2.75) is 38.3 Å². The maximum Gasteiger partial charge on any atom is 0.412 e. The predicted octanol–water partition coefficient (Wildman–Crippen LogP) is 2.16. The summed E-state index contributed by atoms with van der Waals surface area (Å²) in [6, 6.07) is 9.59. The zero-order valence-electron chi connectivity index (χ0n) is 11.7. The average molecular weight is 277 g/mol. The summed E-state index contributed by atoms with van der Waals surface area (Å²) in [5, 5.41) is 0. The Morgan fingerprint density at radius 2 is 2.05 bits per heavy atom. The zero-order valence-corrected chi connectivity index (χ0v) is 11.7. The van der Waals surface area contributed by atoms with Gasteiger partial charge in [-0.25, -0.2) is 4.79 Å². The van der Waals surface area contributed by atoms with Gasteiger partial charge in [0.1, 0.15) is 18.4 Å². The molecule has 5 heteroatoms. The van der Waals surface area contributed by atoms with Crippen molar-refractivity contribution in [3.63, 3.8) is 0 Å². The molecule has 2 atom stereocenters. The monoisotopic (exact) mass is 277 g/mol. The number of hydrogen-bond donors (Lipinski definition) is 0. The summed E-state index contributed by atoms with van der Waals surface area (Å²) in [7, 11) is 0. The van der Waals surface area contributed by atoms with Crippen LogP contribution in [0.25, 0.3) is 0 Å². The van der Waals surface area contributed by atoms with Gasteiger partial charge in [0.2, 0.25) is 0 Å². The second-order valence-corrected chi connectivity index (χ2v) is 5.61. The van der Waals surface area contributed by atoms with Gasteiger partial charge in [-0.15, -0.1) is 0 Å². The van der Waals surface area contributed by atoms with E-state index in [9.17, 15) is 4.79 Å². The van der Waals surface area contributed by atoms with E-state index in [0.29, 0.717) is 13.2 Å². The van der Waals surface area contributed by atoms with Crippen LogP contribution in [-0.2, 0) is 20.8 Å². The average Bonchev–Trinajstić information content (AvgIpc) is 3.22. The topological polar surface area (TPSA) is 51.3 Å². The first-order valence-corrected chi connectivity index (χ1v) is 6.83. The normalized spacial score (nSPS) is 27.4. The van der Waals surface area contributed by atoms with Crippen LogP contribution in [0.3, 0.4) is 0 Å². The van der Waals surface area contributed by atoms with E-state index in [-0.39, 0.29) is 24.8 Å². The Kier molecular flexibility index (Phi) is 3.40. The lowest BCUT2D eigenvalue weighted by Gasteiger charge is -2.32. The Labute approximate surface area is 118 Å². The van der Waals surface area contributed by atoms with Gasteiger partial charge in [0.25, 0.3) is 0 Å². The van der Waals surface area contributed by atoms with Crippen LogP contribution in [0.2, 0.25) is 0 Å². The number of benzene rings is 1. The molecule has 0 aromatic heterocycles. The molecule has 2 saturated heterocycles. The van der Waals surface area contributed by atoms with E-state index in [2.05, 4.69) is 0 Å². The highest BCUT2D eigenvalue weighted by atomic mass is 16.6. The summed E-state index contributed by atoms with van der Waals surface area (Å²) >= 11 is 0. The summed E-state index contributed by atoms with van der Waals surface area (Å²) < 4.78 is 16.4. The molecule has 0 radical (unpaired) electrons. The lowest BCUT2D eigenvalue weighted by molar-refractivity contribution is -0.0499. The zero-order chi connectivity index (χ0) is 14.2. The Hall–Kier alpha value is -1.59. The fourth-order valence-electron chi connectivity index (χ4n) is 2.53. The first-order chi connectivity index (χ1) is 9.58. The van der Waals surface area contributed by atoms with Gasteiger partial charge in [0.15, 0.2) is 0 Å². The van der Waals surface area contributed by atoms with Gasteiger partial charge in [-0.2, -0.15) is 0 Å². The van der Waals surface area contributed by atoms with Crippen LogP contribution < -0.4 is 0 Å². The number of carbonyl (C=O) groups excluding carboxylic acids is 1. The van der Waals surface area contributed by atoms with Crippen molar-refractivity contribution in [2.75, 3.05) is 13.2 Å². The van der Waals surface area contributed by atoms with E-state index in [1.54, 1.807) is 4.90 Å². The molecule has 5 nitrogen and oxygen atoms in total. The molecule has 1 aromatic carbocycles. The third-order valence-electron chi connectivity index (χ3n) is 3.71. The number of nitrogens with zero attached hydrogens (tertiary/aromatic N) is 1. The van der Waals surface area contributed by atoms with Crippen LogP contribution in [0.5, 0.6) is 0 Å². The van der Waals surface area contributed by atoms with Crippen molar-refractivity contribution >= 4 is 6.09 Å². The molecular formula is C15H19NO4. The molecule has 0 unspecified atom stereocenters. The smallest absolute Gasteiger partial charge is 0.412 e. The van der Waals surface area contributed by atoms with Gasteiger partial charge < -0.3 is 14.2 Å². The second kappa shape index (κ2) is 5.07. The summed E-state index contributed by atoms with van der Waals surface area (Å²) in [4.78, 5) is 14.0. The van der Waals surface area contributed by atoms with Gasteiger partial charge in [-0.05, 0) is 19.4 Å². The third-order valence-corrected chi connectivity index (χ3v) is 3.71. The highest BCUT2D eigenvalue weighted by Crippen LogP contribution is 2.34. The van der Waals surface area contributed by atoms with E-state index in [4.69, 9.17) is 14.2 Å². The van der Waals surface area contributed by atoms with Crippen molar-refractivity contribution in [1.29, 1.82) is 0 Å². The first kappa shape index (κ1) is 13.4. The van der Waals surface area contributed by atoms with E-state index in [1.165, 1.54) is 0 Å². The molecule has 0 aliphatic carbocycles. The molecule has 0 spiro atoms. The van der Waals surface area contributed by atoms with E-state index in [0.717, 1.165) is 5.56 Å². The van der Waals surface area contributed by atoms with Gasteiger partial charge in [-0.1, -0.05) is 30.3 Å². The molecule has 2 fully saturated rings. The van der Waals surface area contributed by atoms with Crippen molar-refractivity contribution < 1.29 is 19.0 Å². The van der Waals surface area contributed by atoms with E-state index >= 15 is 0 Å². The van der Waals surface area contributed by atoms with Crippen LogP contribution in [0.15, 0.2) is 30.3 Å². The number of amides is 1. The standard InChI is InChI=1S/C15H19NO4/c1-15(2)16(12(9-20-15)13-10-18-13)14(17)19-8-11-6-4-3-5-7-11/h3-7,12-13H,8-10H2,1-2H3/t12-,13-/m0/s1. The lowest BCUT2D eigenvalue weighted by Crippen LogP contribution is -2.49. The summed E-state index contributed by atoms with van der Waals surface area (Å²) in [6.07, 6.45) is -0.266. The molecule has 1 aromatic rings. The molecule has 0 N–H and O–H groups in total. The Balaban J connectivity index is 1.65. The summed E-state index contributed by atoms with van der Waals surface area (Å²) in [5.41, 5.74) is 0.322. The maximum atomic E-state index is 12.3. The molecule has 2 aliphatic heterocycles. The van der Waals surface area contributed by atoms with Crippen molar-refractivity contribution in [3.8, 4) is 0 Å². The number of ether oxygens (including phenoxy) is 3. The van der Waals surface area contributed by atoms with Crippen molar-refractivity contribution in [3.05, 3.63) is 35.9 Å². The predicted molar refractivity (Wildman–Crippen MR) is 72.0 cm³/mol. The van der Waals surface area contributed by atoms with Crippen LogP contribution >= 0.6 is 0 Å². The Morgan fingerprint density at radius 1 is 1.35 bits per heavy atom. The SMILES string of the molecule is CC1(C)OC[C@@H]([C@@H]2CO2)N1C(=O)OCc1ccccc1. The Bertz CT molecular complexity index is 484. The van der Waals surface area contributed by atoms with E-state index < -0.39 is 5.72 Å². The van der Waals surface area contributed by atoms with Gasteiger partial charge in [0, 0.05) is 0 Å². The molecule has 0 saturated carbocycles. The number of rotatable bonds is 3. The third kappa shape index (κ3) is 2.64. The minimum absolute atomic E-state index is 0.0479. The first-order valence-electron chi connectivity index (χ1n) is 6.83. The quantitative estimate of drug-likeness (QED) is 0.794. The molecule has 3 rings (SSSR count). The molecule has 2 heterocycles. The van der Waals surface area contributed by atoms with E-state index in [1.807, 2.05) is 44.2 Å². The van der Waals surface area contributed by atoms with Crippen LogP contribution in [-0.4, -0.2) is 42.1 Å². The maximum absolute atomic E-state index is 12.3. The van der Waals surface area contributed by atoms with Crippen LogP contribution in [0, 0.1) is 0 Å². The highest BCUT2D eigenvalue weighted by Gasteiger charge is 2.51. The summed E-state index contributed by atoms with van der Waals surface area (Å²) in [6.45, 7) is 5.20. The fourth-order valence-corrected chi connectivity index (χ4v) is 2.53. The minimum Gasteiger partial charge on any atom is -0.444 e. The largest absolute Gasteiger partial charge is 0.444 e. The second-order valence-electron chi connectivity index (χ2n) is 5.61.